The number of aliphatic hydroxyl groups is 1. The van der Waals surface area contributed by atoms with Gasteiger partial charge in [-0.05, 0) is 29.9 Å². The van der Waals surface area contributed by atoms with Gasteiger partial charge in [0.25, 0.3) is 0 Å². The van der Waals surface area contributed by atoms with Crippen LogP contribution in [0.4, 0.5) is 0 Å². The van der Waals surface area contributed by atoms with Gasteiger partial charge in [-0.15, -0.1) is 0 Å². The number of rotatable bonds is 3. The third-order valence-electron chi connectivity index (χ3n) is 3.24. The van der Waals surface area contributed by atoms with E-state index in [0.29, 0.717) is 12.5 Å². The Morgan fingerprint density at radius 3 is 2.81 bits per heavy atom. The summed E-state index contributed by atoms with van der Waals surface area (Å²) in [6, 6.07) is 7.92. The molecular formula is C13H19NO2. The molecular weight excluding hydrogens is 202 g/mol. The molecule has 1 unspecified atom stereocenters. The highest BCUT2D eigenvalue weighted by atomic mass is 16.5. The predicted octanol–water partition coefficient (Wildman–Crippen LogP) is 1.61. The fourth-order valence-corrected chi connectivity index (χ4v) is 2.21. The first-order valence-corrected chi connectivity index (χ1v) is 5.86. The number of hydrogen-bond donors (Lipinski definition) is 2. The first-order chi connectivity index (χ1) is 7.81. The molecule has 0 saturated carbocycles. The second-order valence-electron chi connectivity index (χ2n) is 4.34. The molecule has 3 N–H and O–H groups in total. The lowest BCUT2D eigenvalue weighted by molar-refractivity contribution is 0.00716. The maximum Gasteiger partial charge on any atom is 0.0820 e. The van der Waals surface area contributed by atoms with Crippen LogP contribution in [0.2, 0.25) is 0 Å². The molecule has 1 aliphatic heterocycles. The van der Waals surface area contributed by atoms with E-state index >= 15 is 0 Å². The third-order valence-corrected chi connectivity index (χ3v) is 3.24. The smallest absolute Gasteiger partial charge is 0.0820 e. The highest BCUT2D eigenvalue weighted by molar-refractivity contribution is 5.25. The topological polar surface area (TPSA) is 55.5 Å². The SMILES string of the molecule is NCc1cccc(C(O)C2CCOCC2)c1. The van der Waals surface area contributed by atoms with Gasteiger partial charge in [0, 0.05) is 19.8 Å². The molecule has 0 aliphatic carbocycles. The van der Waals surface area contributed by atoms with E-state index in [9.17, 15) is 5.11 Å². The molecule has 1 aromatic carbocycles. The fourth-order valence-electron chi connectivity index (χ4n) is 2.21. The third kappa shape index (κ3) is 2.61. The van der Waals surface area contributed by atoms with Crippen LogP contribution in [0.3, 0.4) is 0 Å². The van der Waals surface area contributed by atoms with Crippen molar-refractivity contribution in [3.05, 3.63) is 35.4 Å². The van der Waals surface area contributed by atoms with Crippen molar-refractivity contribution in [1.29, 1.82) is 0 Å². The Kier molecular flexibility index (Phi) is 3.93. The molecule has 3 nitrogen and oxygen atoms in total. The summed E-state index contributed by atoms with van der Waals surface area (Å²) in [5.41, 5.74) is 7.65. The first kappa shape index (κ1) is 11.6. The van der Waals surface area contributed by atoms with E-state index in [-0.39, 0.29) is 6.10 Å². The maximum absolute atomic E-state index is 10.3. The van der Waals surface area contributed by atoms with Gasteiger partial charge in [0.2, 0.25) is 0 Å². The van der Waals surface area contributed by atoms with E-state index in [2.05, 4.69) is 0 Å². The minimum absolute atomic E-state index is 0.321. The van der Waals surface area contributed by atoms with Crippen molar-refractivity contribution in [2.75, 3.05) is 13.2 Å². The minimum atomic E-state index is -0.379. The van der Waals surface area contributed by atoms with Crippen molar-refractivity contribution in [2.45, 2.75) is 25.5 Å². The average Bonchev–Trinajstić information content (AvgIpc) is 2.39. The molecule has 1 saturated heterocycles. The molecule has 3 heteroatoms. The highest BCUT2D eigenvalue weighted by Crippen LogP contribution is 2.30. The van der Waals surface area contributed by atoms with E-state index in [0.717, 1.165) is 37.2 Å². The Hall–Kier alpha value is -0.900. The zero-order valence-corrected chi connectivity index (χ0v) is 9.43. The van der Waals surface area contributed by atoms with Crippen LogP contribution in [0.25, 0.3) is 0 Å². The lowest BCUT2D eigenvalue weighted by atomic mass is 9.89. The van der Waals surface area contributed by atoms with E-state index in [1.807, 2.05) is 24.3 Å². The quantitative estimate of drug-likeness (QED) is 0.815. The van der Waals surface area contributed by atoms with Crippen molar-refractivity contribution in [3.8, 4) is 0 Å². The van der Waals surface area contributed by atoms with Gasteiger partial charge < -0.3 is 15.6 Å². The van der Waals surface area contributed by atoms with Gasteiger partial charge in [0.1, 0.15) is 0 Å². The van der Waals surface area contributed by atoms with Crippen LogP contribution in [-0.4, -0.2) is 18.3 Å². The zero-order valence-electron chi connectivity index (χ0n) is 9.43. The van der Waals surface area contributed by atoms with Crippen LogP contribution in [0.1, 0.15) is 30.1 Å². The average molecular weight is 221 g/mol. The largest absolute Gasteiger partial charge is 0.388 e. The normalized spacial score (nSPS) is 19.6. The molecule has 0 bridgehead atoms. The lowest BCUT2D eigenvalue weighted by Crippen LogP contribution is -2.22. The van der Waals surface area contributed by atoms with Gasteiger partial charge in [-0.2, -0.15) is 0 Å². The molecule has 0 aromatic heterocycles. The molecule has 2 rings (SSSR count). The van der Waals surface area contributed by atoms with Gasteiger partial charge in [-0.1, -0.05) is 24.3 Å². The Balaban J connectivity index is 2.09. The number of benzene rings is 1. The highest BCUT2D eigenvalue weighted by Gasteiger charge is 2.23. The zero-order chi connectivity index (χ0) is 11.4. The van der Waals surface area contributed by atoms with Gasteiger partial charge in [0.15, 0.2) is 0 Å². The van der Waals surface area contributed by atoms with Crippen LogP contribution in [0.5, 0.6) is 0 Å². The number of hydrogen-bond acceptors (Lipinski definition) is 3. The number of nitrogens with two attached hydrogens (primary N) is 1. The summed E-state index contributed by atoms with van der Waals surface area (Å²) in [6.07, 6.45) is 1.50. The molecule has 1 aliphatic rings. The van der Waals surface area contributed by atoms with Crippen LogP contribution in [0, 0.1) is 5.92 Å². The molecule has 0 amide bonds. The minimum Gasteiger partial charge on any atom is -0.388 e. The Labute approximate surface area is 96.2 Å². The van der Waals surface area contributed by atoms with E-state index < -0.39 is 0 Å². The number of ether oxygens (including phenoxy) is 1. The molecule has 1 aromatic rings. The van der Waals surface area contributed by atoms with Gasteiger partial charge in [-0.25, -0.2) is 0 Å². The standard InChI is InChI=1S/C13H19NO2/c14-9-10-2-1-3-12(8-10)13(15)11-4-6-16-7-5-11/h1-3,8,11,13,15H,4-7,9,14H2. The molecule has 0 radical (unpaired) electrons. The van der Waals surface area contributed by atoms with Crippen LogP contribution in [0.15, 0.2) is 24.3 Å². The fraction of sp³-hybridized carbons (Fsp3) is 0.538. The Bertz CT molecular complexity index is 334. The predicted molar refractivity (Wildman–Crippen MR) is 62.8 cm³/mol. The summed E-state index contributed by atoms with van der Waals surface area (Å²) in [5, 5.41) is 10.3. The molecule has 1 fully saturated rings. The summed E-state index contributed by atoms with van der Waals surface area (Å²) >= 11 is 0. The van der Waals surface area contributed by atoms with Crippen LogP contribution >= 0.6 is 0 Å². The summed E-state index contributed by atoms with van der Waals surface area (Å²) in [5.74, 6) is 0.321. The lowest BCUT2D eigenvalue weighted by Gasteiger charge is -2.27. The molecule has 16 heavy (non-hydrogen) atoms. The van der Waals surface area contributed by atoms with Crippen molar-refractivity contribution < 1.29 is 9.84 Å². The molecule has 1 atom stereocenters. The molecule has 88 valence electrons. The summed E-state index contributed by atoms with van der Waals surface area (Å²) in [4.78, 5) is 0. The van der Waals surface area contributed by atoms with E-state index in [4.69, 9.17) is 10.5 Å². The Morgan fingerprint density at radius 1 is 1.38 bits per heavy atom. The summed E-state index contributed by atoms with van der Waals surface area (Å²) in [6.45, 7) is 2.05. The van der Waals surface area contributed by atoms with Gasteiger partial charge in [0.05, 0.1) is 6.10 Å². The van der Waals surface area contributed by atoms with Crippen molar-refractivity contribution in [3.63, 3.8) is 0 Å². The van der Waals surface area contributed by atoms with E-state index in [1.54, 1.807) is 0 Å². The van der Waals surface area contributed by atoms with Crippen molar-refractivity contribution in [2.24, 2.45) is 11.7 Å². The van der Waals surface area contributed by atoms with Gasteiger partial charge >= 0.3 is 0 Å². The van der Waals surface area contributed by atoms with E-state index in [1.165, 1.54) is 0 Å². The number of aliphatic hydroxyl groups excluding tert-OH is 1. The maximum atomic E-state index is 10.3. The second kappa shape index (κ2) is 5.43. The second-order valence-corrected chi connectivity index (χ2v) is 4.34. The van der Waals surface area contributed by atoms with Crippen LogP contribution < -0.4 is 5.73 Å². The van der Waals surface area contributed by atoms with Gasteiger partial charge in [-0.3, -0.25) is 0 Å². The van der Waals surface area contributed by atoms with Crippen molar-refractivity contribution in [1.82, 2.24) is 0 Å². The van der Waals surface area contributed by atoms with Crippen LogP contribution in [-0.2, 0) is 11.3 Å². The Morgan fingerprint density at radius 2 is 2.12 bits per heavy atom. The monoisotopic (exact) mass is 221 g/mol. The van der Waals surface area contributed by atoms with Crippen molar-refractivity contribution >= 4 is 0 Å². The molecule has 0 spiro atoms. The molecule has 1 heterocycles. The first-order valence-electron chi connectivity index (χ1n) is 5.86. The summed E-state index contributed by atoms with van der Waals surface area (Å²) < 4.78 is 5.30. The summed E-state index contributed by atoms with van der Waals surface area (Å²) in [7, 11) is 0.